The van der Waals surface area contributed by atoms with E-state index >= 15 is 0 Å². The second kappa shape index (κ2) is 26.4. The number of aliphatic hydroxyl groups is 2. The first-order chi connectivity index (χ1) is 34.2. The molecule has 0 aliphatic carbocycles. The quantitative estimate of drug-likeness (QED) is 0.0507. The fraction of sp³-hybridized carbons (Fsp3) is 0.655. The van der Waals surface area contributed by atoms with Crippen LogP contribution in [0.2, 0.25) is 18.1 Å². The number of carbonyl (C=O) groups is 1. The number of nitrogens with one attached hydrogen (secondary N) is 1. The van der Waals surface area contributed by atoms with Crippen molar-refractivity contribution in [3.63, 3.8) is 0 Å². The molecular weight excluding hydrogens is 1000 g/mol. The van der Waals surface area contributed by atoms with Crippen LogP contribution in [0.1, 0.15) is 127 Å². The molecule has 0 spiro atoms. The Morgan fingerprint density at radius 1 is 0.689 bits per heavy atom. The van der Waals surface area contributed by atoms with Gasteiger partial charge in [0.25, 0.3) is 0 Å². The van der Waals surface area contributed by atoms with Crippen LogP contribution >= 0.6 is 0 Å². The third-order valence-corrected chi connectivity index (χ3v) is 21.5. The monoisotopic (exact) mass is 1090 g/mol. The number of nitrogens with zero attached hydrogens (tertiary/aromatic N) is 2. The first-order valence-corrected chi connectivity index (χ1v) is 31.8. The first-order valence-electron chi connectivity index (χ1n) is 26.0. The maximum Gasteiger partial charge on any atom is 0.407 e. The summed E-state index contributed by atoms with van der Waals surface area (Å²) in [5.74, 6) is 2.09. The van der Waals surface area contributed by atoms with Gasteiger partial charge in [-0.2, -0.15) is 8.61 Å². The Morgan fingerprint density at radius 2 is 1.16 bits per heavy atom. The van der Waals surface area contributed by atoms with Crippen molar-refractivity contribution in [2.75, 3.05) is 53.0 Å². The molecule has 0 unspecified atom stereocenters. The summed E-state index contributed by atoms with van der Waals surface area (Å²) in [6, 6.07) is 17.9. The van der Waals surface area contributed by atoms with Crippen LogP contribution in [0, 0.1) is 16.7 Å². The number of hydrogen-bond acceptors (Lipinski definition) is 13. The zero-order valence-electron chi connectivity index (χ0n) is 46.8. The highest BCUT2D eigenvalue weighted by Crippen LogP contribution is 2.39. The highest BCUT2D eigenvalue weighted by molar-refractivity contribution is 7.89. The van der Waals surface area contributed by atoms with Gasteiger partial charge in [-0.15, -0.1) is 0 Å². The minimum Gasteiger partial charge on any atom is -0.454 e. The number of ether oxygens (including phenoxy) is 5. The van der Waals surface area contributed by atoms with Gasteiger partial charge in [-0.05, 0) is 118 Å². The Kier molecular flexibility index (Phi) is 22.3. The molecule has 5 rings (SSSR count). The number of alkyl carbamates (subject to hydrolysis) is 1. The van der Waals surface area contributed by atoms with Gasteiger partial charge in [0.15, 0.2) is 31.3 Å². The first kappa shape index (κ1) is 62.6. The van der Waals surface area contributed by atoms with E-state index in [2.05, 4.69) is 53.0 Å². The smallest absolute Gasteiger partial charge is 0.407 e. The lowest BCUT2D eigenvalue weighted by molar-refractivity contribution is 0.0391. The number of hydrogen-bond donors (Lipinski definition) is 3. The van der Waals surface area contributed by atoms with Gasteiger partial charge in [0.05, 0.1) is 21.9 Å². The van der Waals surface area contributed by atoms with Crippen molar-refractivity contribution < 1.29 is 60.0 Å². The van der Waals surface area contributed by atoms with E-state index in [0.717, 1.165) is 44.1 Å². The highest BCUT2D eigenvalue weighted by atomic mass is 32.2. The van der Waals surface area contributed by atoms with E-state index in [4.69, 9.17) is 33.2 Å². The molecule has 3 N–H and O–H groups in total. The molecule has 0 aromatic heterocycles. The molecule has 2 aliphatic rings. The summed E-state index contributed by atoms with van der Waals surface area (Å²) >= 11 is 0. The Balaban J connectivity index is 0.000000383. The minimum atomic E-state index is -4.11. The third kappa shape index (κ3) is 19.3. The SMILES string of the molecule is CC(C)(CCCCO[Si](C)(C)C(C)(C)C)CN(C[C@@H](O)[C@H](Cc1ccccc1)NC(=O)OC(C)(C)C)S(=O)(=O)c1ccc2c(c1)OCO2.CC(C)CN(CC(C)(C)CCCCO)S(=O)(=O)c1ccc2c(c1)OCO2. The zero-order chi connectivity index (χ0) is 55.3. The van der Waals surface area contributed by atoms with E-state index < -0.39 is 57.6 Å². The van der Waals surface area contributed by atoms with E-state index in [-0.39, 0.29) is 65.9 Å². The molecule has 418 valence electrons. The van der Waals surface area contributed by atoms with Crippen molar-refractivity contribution in [3.8, 4) is 23.0 Å². The molecule has 0 saturated heterocycles. The summed E-state index contributed by atoms with van der Waals surface area (Å²) < 4.78 is 91.4. The van der Waals surface area contributed by atoms with Crippen molar-refractivity contribution in [1.82, 2.24) is 13.9 Å². The standard InChI is InChI=1S/C36H58N2O8SSi.C19H31NO5S/c1-34(2,3)46-33(40)37-29(22-27-16-12-11-13-17-27)30(39)24-38(47(41,42)28-18-19-31-32(23-28)44-26-43-31)25-36(7,8)20-14-15-21-45-48(9,10)35(4,5)6;1-15(2)12-20(13-19(3,4)9-5-6-10-21)26(22,23)16-7-8-17-18(11-16)25-14-24-17/h11-13,16-19,23,29-30,39H,14-15,20-22,24-26H2,1-10H3,(H,37,40);7-8,11,15,21H,5-6,9-10,12-14H2,1-4H3/t29-,30+;/m0./s1. The summed E-state index contributed by atoms with van der Waals surface area (Å²) in [5.41, 5.74) is -0.481. The van der Waals surface area contributed by atoms with Crippen LogP contribution < -0.4 is 24.3 Å². The van der Waals surface area contributed by atoms with Crippen LogP contribution in [-0.4, -0.2) is 121 Å². The van der Waals surface area contributed by atoms with Gasteiger partial charge in [0, 0.05) is 51.5 Å². The van der Waals surface area contributed by atoms with Gasteiger partial charge in [-0.25, -0.2) is 21.6 Å². The summed E-state index contributed by atoms with van der Waals surface area (Å²) in [6.45, 7) is 30.5. The second-order valence-corrected chi connectivity index (χ2v) is 32.8. The van der Waals surface area contributed by atoms with Crippen LogP contribution in [0.3, 0.4) is 0 Å². The molecule has 0 bridgehead atoms. The van der Waals surface area contributed by atoms with Gasteiger partial charge in [0.1, 0.15) is 5.60 Å². The largest absolute Gasteiger partial charge is 0.454 e. The number of carbonyl (C=O) groups excluding carboxylic acids is 1. The number of rotatable bonds is 26. The molecular formula is C55H89N3O13S2Si. The van der Waals surface area contributed by atoms with Crippen LogP contribution in [0.15, 0.2) is 76.5 Å². The molecule has 0 radical (unpaired) electrons. The van der Waals surface area contributed by atoms with Crippen molar-refractivity contribution in [3.05, 3.63) is 72.3 Å². The second-order valence-electron chi connectivity index (χ2n) is 24.1. The average molecular weight is 1090 g/mol. The maximum atomic E-state index is 14.3. The average Bonchev–Trinajstić information content (AvgIpc) is 3.97. The lowest BCUT2D eigenvalue weighted by Crippen LogP contribution is -2.52. The number of amides is 1. The van der Waals surface area contributed by atoms with Gasteiger partial charge >= 0.3 is 6.09 Å². The van der Waals surface area contributed by atoms with Crippen molar-refractivity contribution in [1.29, 1.82) is 0 Å². The lowest BCUT2D eigenvalue weighted by atomic mass is 9.87. The van der Waals surface area contributed by atoms with Gasteiger partial charge in [-0.3, -0.25) is 0 Å². The number of unbranched alkanes of at least 4 members (excludes halogenated alkanes) is 2. The summed E-state index contributed by atoms with van der Waals surface area (Å²) in [4.78, 5) is 13.2. The Labute approximate surface area is 445 Å². The van der Waals surface area contributed by atoms with E-state index in [9.17, 15) is 26.7 Å². The van der Waals surface area contributed by atoms with Gasteiger partial charge in [0.2, 0.25) is 33.6 Å². The summed E-state index contributed by atoms with van der Waals surface area (Å²) in [6.07, 6.45) is 3.29. The van der Waals surface area contributed by atoms with Crippen molar-refractivity contribution in [2.45, 2.75) is 174 Å². The normalized spacial score (nSPS) is 15.0. The molecule has 0 fully saturated rings. The van der Waals surface area contributed by atoms with Crippen LogP contribution in [0.5, 0.6) is 23.0 Å². The number of aliphatic hydroxyl groups excluding tert-OH is 2. The lowest BCUT2D eigenvalue weighted by Gasteiger charge is -2.36. The highest BCUT2D eigenvalue weighted by Gasteiger charge is 2.39. The summed E-state index contributed by atoms with van der Waals surface area (Å²) in [5, 5.41) is 23.6. The molecule has 0 saturated carbocycles. The van der Waals surface area contributed by atoms with E-state index in [1.54, 1.807) is 49.3 Å². The van der Waals surface area contributed by atoms with Crippen LogP contribution in [-0.2, 0) is 35.6 Å². The fourth-order valence-corrected chi connectivity index (χ4v) is 12.9. The Bertz CT molecular complexity index is 2470. The predicted octanol–water partition coefficient (Wildman–Crippen LogP) is 10.4. The number of sulfonamides is 2. The Morgan fingerprint density at radius 3 is 1.62 bits per heavy atom. The zero-order valence-corrected chi connectivity index (χ0v) is 49.4. The molecule has 1 amide bonds. The van der Waals surface area contributed by atoms with Crippen LogP contribution in [0.4, 0.5) is 4.79 Å². The molecule has 2 atom stereocenters. The van der Waals surface area contributed by atoms with Crippen molar-refractivity contribution in [2.24, 2.45) is 16.7 Å². The van der Waals surface area contributed by atoms with E-state index in [0.29, 0.717) is 42.7 Å². The maximum absolute atomic E-state index is 14.3. The third-order valence-electron chi connectivity index (χ3n) is 13.4. The van der Waals surface area contributed by atoms with Gasteiger partial charge < -0.3 is 43.6 Å². The topological polar surface area (TPSA) is 200 Å². The molecule has 19 heteroatoms. The Hall–Kier alpha value is -3.95. The predicted molar refractivity (Wildman–Crippen MR) is 292 cm³/mol. The van der Waals surface area contributed by atoms with E-state index in [1.807, 2.05) is 58.0 Å². The van der Waals surface area contributed by atoms with Crippen molar-refractivity contribution >= 4 is 34.5 Å². The molecule has 2 heterocycles. The minimum absolute atomic E-state index is 0.0188. The number of fused-ring (bicyclic) bond motifs is 2. The van der Waals surface area contributed by atoms with E-state index in [1.165, 1.54) is 16.4 Å². The number of benzene rings is 3. The molecule has 2 aliphatic heterocycles. The fourth-order valence-electron chi connectivity index (χ4n) is 8.30. The summed E-state index contributed by atoms with van der Waals surface area (Å²) in [7, 11) is -9.60. The molecule has 3 aromatic rings. The van der Waals surface area contributed by atoms with Crippen LogP contribution in [0.25, 0.3) is 0 Å². The molecule has 74 heavy (non-hydrogen) atoms. The molecule has 16 nitrogen and oxygen atoms in total. The van der Waals surface area contributed by atoms with Gasteiger partial charge in [-0.1, -0.05) is 105 Å². The molecule has 3 aromatic carbocycles.